The third-order valence-corrected chi connectivity index (χ3v) is 4.52. The number of carbonyl (C=O) groups excluding carboxylic acids is 1. The SMILES string of the molecule is C=CCC(NC(=O)Nc1ccc(I)c(Br)c1)C(=O)O. The molecule has 0 radical (unpaired) electrons. The van der Waals surface area contributed by atoms with E-state index in [2.05, 4.69) is 55.7 Å². The van der Waals surface area contributed by atoms with Crippen LogP contribution in [-0.2, 0) is 4.79 Å². The molecule has 0 aromatic heterocycles. The molecule has 7 heteroatoms. The summed E-state index contributed by atoms with van der Waals surface area (Å²) in [4.78, 5) is 22.5. The zero-order valence-corrected chi connectivity index (χ0v) is 13.6. The molecule has 0 saturated heterocycles. The van der Waals surface area contributed by atoms with Crippen LogP contribution in [0, 0.1) is 3.57 Å². The van der Waals surface area contributed by atoms with E-state index in [0.29, 0.717) is 5.69 Å². The number of carboxylic acid groups (broad SMARTS) is 1. The number of nitrogens with one attached hydrogen (secondary N) is 2. The van der Waals surface area contributed by atoms with Crippen LogP contribution in [0.1, 0.15) is 6.42 Å². The largest absolute Gasteiger partial charge is 0.480 e. The summed E-state index contributed by atoms with van der Waals surface area (Å²) in [6.45, 7) is 3.45. The average molecular weight is 439 g/mol. The molecule has 2 amide bonds. The van der Waals surface area contributed by atoms with Gasteiger partial charge in [-0.3, -0.25) is 0 Å². The van der Waals surface area contributed by atoms with E-state index in [1.165, 1.54) is 6.08 Å². The molecular weight excluding hydrogens is 427 g/mol. The predicted octanol–water partition coefficient (Wildman–Crippen LogP) is 3.20. The molecule has 1 aromatic rings. The van der Waals surface area contributed by atoms with Crippen LogP contribution in [0.5, 0.6) is 0 Å². The molecule has 0 aliphatic carbocycles. The first kappa shape index (κ1) is 16.0. The second-order valence-corrected chi connectivity index (χ2v) is 5.66. The lowest BCUT2D eigenvalue weighted by Gasteiger charge is -2.13. The van der Waals surface area contributed by atoms with Gasteiger partial charge < -0.3 is 15.7 Å². The van der Waals surface area contributed by atoms with Crippen molar-refractivity contribution in [1.82, 2.24) is 5.32 Å². The summed E-state index contributed by atoms with van der Waals surface area (Å²) >= 11 is 5.50. The molecule has 0 heterocycles. The number of urea groups is 1. The fraction of sp³-hybridized carbons (Fsp3) is 0.167. The van der Waals surface area contributed by atoms with Gasteiger partial charge in [0.15, 0.2) is 0 Å². The highest BCUT2D eigenvalue weighted by atomic mass is 127. The maximum atomic E-state index is 11.7. The Morgan fingerprint density at radius 1 is 1.53 bits per heavy atom. The Hall–Kier alpha value is -1.09. The third kappa shape index (κ3) is 5.19. The summed E-state index contributed by atoms with van der Waals surface area (Å²) in [6.07, 6.45) is 1.61. The molecule has 0 aliphatic rings. The maximum absolute atomic E-state index is 11.7. The summed E-state index contributed by atoms with van der Waals surface area (Å²) < 4.78 is 1.87. The standard InChI is InChI=1S/C12H12BrIN2O3/c1-2-3-10(11(17)18)16-12(19)15-7-4-5-9(14)8(13)6-7/h2,4-6,10H,1,3H2,(H,17,18)(H2,15,16,19). The minimum absolute atomic E-state index is 0.166. The second kappa shape index (κ2) is 7.49. The third-order valence-electron chi connectivity index (χ3n) is 2.18. The Bertz CT molecular complexity index is 508. The molecular formula is C12H12BrIN2O3. The molecule has 1 rings (SSSR count). The molecule has 1 atom stereocenters. The van der Waals surface area contributed by atoms with Crippen molar-refractivity contribution in [3.8, 4) is 0 Å². The highest BCUT2D eigenvalue weighted by Crippen LogP contribution is 2.22. The quantitative estimate of drug-likeness (QED) is 0.488. The van der Waals surface area contributed by atoms with Crippen molar-refractivity contribution >= 4 is 56.2 Å². The number of anilines is 1. The zero-order valence-electron chi connectivity index (χ0n) is 9.82. The van der Waals surface area contributed by atoms with E-state index in [4.69, 9.17) is 5.11 Å². The van der Waals surface area contributed by atoms with E-state index in [1.807, 2.05) is 6.07 Å². The molecule has 102 valence electrons. The van der Waals surface area contributed by atoms with Crippen molar-refractivity contribution in [3.63, 3.8) is 0 Å². The van der Waals surface area contributed by atoms with Crippen LogP contribution in [-0.4, -0.2) is 23.1 Å². The highest BCUT2D eigenvalue weighted by molar-refractivity contribution is 14.1. The van der Waals surface area contributed by atoms with Gasteiger partial charge in [0.05, 0.1) is 0 Å². The number of rotatable bonds is 5. The Morgan fingerprint density at radius 2 is 2.21 bits per heavy atom. The molecule has 19 heavy (non-hydrogen) atoms. The van der Waals surface area contributed by atoms with Crippen molar-refractivity contribution in [2.24, 2.45) is 0 Å². The number of amides is 2. The van der Waals surface area contributed by atoms with Gasteiger partial charge in [-0.2, -0.15) is 0 Å². The molecule has 1 aromatic carbocycles. The first-order valence-electron chi connectivity index (χ1n) is 5.30. The summed E-state index contributed by atoms with van der Waals surface area (Å²) in [5, 5.41) is 13.8. The summed E-state index contributed by atoms with van der Waals surface area (Å²) in [6, 6.07) is 3.76. The van der Waals surface area contributed by atoms with Crippen LogP contribution in [0.25, 0.3) is 0 Å². The lowest BCUT2D eigenvalue weighted by atomic mass is 10.2. The molecule has 0 saturated carbocycles. The summed E-state index contributed by atoms with van der Waals surface area (Å²) in [5.41, 5.74) is 0.576. The van der Waals surface area contributed by atoms with Crippen LogP contribution >= 0.6 is 38.5 Å². The molecule has 1 unspecified atom stereocenters. The Morgan fingerprint density at radius 3 is 2.74 bits per heavy atom. The first-order chi connectivity index (χ1) is 8.93. The van der Waals surface area contributed by atoms with Crippen LogP contribution < -0.4 is 10.6 Å². The topological polar surface area (TPSA) is 78.4 Å². The van der Waals surface area contributed by atoms with Gasteiger partial charge in [-0.25, -0.2) is 9.59 Å². The fourth-order valence-corrected chi connectivity index (χ4v) is 2.00. The van der Waals surface area contributed by atoms with E-state index >= 15 is 0 Å². The van der Waals surface area contributed by atoms with Gasteiger partial charge in [-0.15, -0.1) is 6.58 Å². The van der Waals surface area contributed by atoms with Gasteiger partial charge in [-0.05, 0) is 63.1 Å². The lowest BCUT2D eigenvalue weighted by molar-refractivity contribution is -0.139. The number of carboxylic acids is 1. The van der Waals surface area contributed by atoms with Crippen molar-refractivity contribution in [1.29, 1.82) is 0 Å². The van der Waals surface area contributed by atoms with Gasteiger partial charge in [0.25, 0.3) is 0 Å². The first-order valence-corrected chi connectivity index (χ1v) is 7.17. The number of hydrogen-bond donors (Lipinski definition) is 3. The van der Waals surface area contributed by atoms with E-state index in [9.17, 15) is 9.59 Å². The number of aliphatic carboxylic acids is 1. The Kier molecular flexibility index (Phi) is 6.29. The van der Waals surface area contributed by atoms with E-state index in [1.54, 1.807) is 12.1 Å². The monoisotopic (exact) mass is 438 g/mol. The number of carbonyl (C=O) groups is 2. The number of hydrogen-bond acceptors (Lipinski definition) is 2. The molecule has 0 bridgehead atoms. The fourth-order valence-electron chi connectivity index (χ4n) is 1.29. The summed E-state index contributed by atoms with van der Waals surface area (Å²) in [7, 11) is 0. The van der Waals surface area contributed by atoms with Crippen molar-refractivity contribution in [3.05, 3.63) is 38.9 Å². The van der Waals surface area contributed by atoms with Gasteiger partial charge in [0.2, 0.25) is 0 Å². The van der Waals surface area contributed by atoms with Crippen molar-refractivity contribution in [2.75, 3.05) is 5.32 Å². The van der Waals surface area contributed by atoms with Crippen LogP contribution in [0.2, 0.25) is 0 Å². The van der Waals surface area contributed by atoms with Gasteiger partial charge in [0, 0.05) is 13.7 Å². The van der Waals surface area contributed by atoms with Gasteiger partial charge in [0.1, 0.15) is 6.04 Å². The zero-order chi connectivity index (χ0) is 14.4. The van der Waals surface area contributed by atoms with Crippen LogP contribution in [0.4, 0.5) is 10.5 Å². The molecule has 0 fully saturated rings. The lowest BCUT2D eigenvalue weighted by Crippen LogP contribution is -2.42. The molecule has 0 spiro atoms. The second-order valence-electron chi connectivity index (χ2n) is 3.64. The molecule has 3 N–H and O–H groups in total. The van der Waals surface area contributed by atoms with E-state index in [-0.39, 0.29) is 6.42 Å². The smallest absolute Gasteiger partial charge is 0.326 e. The minimum atomic E-state index is -1.10. The molecule has 0 aliphatic heterocycles. The predicted molar refractivity (Wildman–Crippen MR) is 85.3 cm³/mol. The average Bonchev–Trinajstić information content (AvgIpc) is 2.33. The van der Waals surface area contributed by atoms with E-state index in [0.717, 1.165) is 8.04 Å². The molecule has 5 nitrogen and oxygen atoms in total. The number of halogens is 2. The van der Waals surface area contributed by atoms with Crippen LogP contribution in [0.15, 0.2) is 35.3 Å². The van der Waals surface area contributed by atoms with E-state index < -0.39 is 18.0 Å². The number of benzene rings is 1. The van der Waals surface area contributed by atoms with Crippen LogP contribution in [0.3, 0.4) is 0 Å². The van der Waals surface area contributed by atoms with Gasteiger partial charge >= 0.3 is 12.0 Å². The Balaban J connectivity index is 2.65. The van der Waals surface area contributed by atoms with Crippen molar-refractivity contribution in [2.45, 2.75) is 12.5 Å². The minimum Gasteiger partial charge on any atom is -0.480 e. The normalized spacial score (nSPS) is 11.5. The Labute approximate surface area is 132 Å². The maximum Gasteiger partial charge on any atom is 0.326 e. The highest BCUT2D eigenvalue weighted by Gasteiger charge is 2.18. The van der Waals surface area contributed by atoms with Gasteiger partial charge in [-0.1, -0.05) is 6.08 Å². The van der Waals surface area contributed by atoms with Crippen molar-refractivity contribution < 1.29 is 14.7 Å². The summed E-state index contributed by atoms with van der Waals surface area (Å²) in [5.74, 6) is -1.10.